The van der Waals surface area contributed by atoms with Crippen LogP contribution in [0.4, 0.5) is 0 Å². The predicted octanol–water partition coefficient (Wildman–Crippen LogP) is 10.1. The minimum atomic E-state index is 1.24. The van der Waals surface area contributed by atoms with E-state index in [1.807, 2.05) is 0 Å². The van der Waals surface area contributed by atoms with Crippen LogP contribution >= 0.6 is 0 Å². The molecule has 36 heavy (non-hydrogen) atoms. The summed E-state index contributed by atoms with van der Waals surface area (Å²) in [5, 5.41) is 7.67. The summed E-state index contributed by atoms with van der Waals surface area (Å²) in [5.41, 5.74) is 7.54. The van der Waals surface area contributed by atoms with Crippen LogP contribution < -0.4 is 0 Å². The van der Waals surface area contributed by atoms with Crippen molar-refractivity contribution in [2.24, 2.45) is 0 Å². The minimum absolute atomic E-state index is 1.24. The van der Waals surface area contributed by atoms with E-state index in [9.17, 15) is 0 Å². The van der Waals surface area contributed by atoms with Gasteiger partial charge in [-0.1, -0.05) is 140 Å². The zero-order valence-electron chi connectivity index (χ0n) is 19.9. The summed E-state index contributed by atoms with van der Waals surface area (Å²) >= 11 is 0. The summed E-state index contributed by atoms with van der Waals surface area (Å²) in [6, 6.07) is 52.8. The second-order valence-electron chi connectivity index (χ2n) is 9.37. The highest BCUT2D eigenvalue weighted by molar-refractivity contribution is 6.09. The Bertz CT molecular complexity index is 1870. The molecule has 7 aromatic carbocycles. The van der Waals surface area contributed by atoms with Gasteiger partial charge >= 0.3 is 0 Å². The standard InChI is InChI=1S/C36H24/c1-2-10-29-24-30(21-18-25(29)8-1)26-16-19-28(20-17-26)32-22-23-36(35-14-6-5-13-33(32)35)34-15-7-11-27-9-3-4-12-31(27)34/h1-24H. The van der Waals surface area contributed by atoms with Crippen molar-refractivity contribution in [3.05, 3.63) is 146 Å². The topological polar surface area (TPSA) is 0 Å². The first-order valence-corrected chi connectivity index (χ1v) is 12.4. The van der Waals surface area contributed by atoms with Crippen molar-refractivity contribution in [1.82, 2.24) is 0 Å². The minimum Gasteiger partial charge on any atom is -0.0616 e. The number of fused-ring (bicyclic) bond motifs is 3. The zero-order chi connectivity index (χ0) is 23.9. The second-order valence-corrected chi connectivity index (χ2v) is 9.37. The maximum absolute atomic E-state index is 2.29. The molecule has 0 aliphatic heterocycles. The van der Waals surface area contributed by atoms with Gasteiger partial charge in [0.05, 0.1) is 0 Å². The van der Waals surface area contributed by atoms with Gasteiger partial charge in [-0.2, -0.15) is 0 Å². The molecule has 0 N–H and O–H groups in total. The molecule has 0 heteroatoms. The van der Waals surface area contributed by atoms with E-state index in [0.29, 0.717) is 0 Å². The number of benzene rings is 7. The third-order valence-corrected chi connectivity index (χ3v) is 7.28. The van der Waals surface area contributed by atoms with Gasteiger partial charge in [0.25, 0.3) is 0 Å². The highest BCUT2D eigenvalue weighted by atomic mass is 14.2. The van der Waals surface area contributed by atoms with Crippen molar-refractivity contribution < 1.29 is 0 Å². The first-order valence-electron chi connectivity index (χ1n) is 12.4. The Hall–Kier alpha value is -4.68. The highest BCUT2D eigenvalue weighted by Crippen LogP contribution is 2.38. The van der Waals surface area contributed by atoms with Crippen LogP contribution in [0.2, 0.25) is 0 Å². The molecule has 0 aliphatic rings. The van der Waals surface area contributed by atoms with Crippen molar-refractivity contribution in [2.45, 2.75) is 0 Å². The Morgan fingerprint density at radius 3 is 1.58 bits per heavy atom. The molecule has 0 unspecified atom stereocenters. The normalized spacial score (nSPS) is 11.3. The predicted molar refractivity (Wildman–Crippen MR) is 155 cm³/mol. The Labute approximate surface area is 211 Å². The molecular formula is C36H24. The van der Waals surface area contributed by atoms with Crippen molar-refractivity contribution in [3.8, 4) is 33.4 Å². The van der Waals surface area contributed by atoms with Crippen LogP contribution in [0.15, 0.2) is 146 Å². The summed E-state index contributed by atoms with van der Waals surface area (Å²) in [6.07, 6.45) is 0. The third kappa shape index (κ3) is 3.47. The first-order chi connectivity index (χ1) is 17.8. The van der Waals surface area contributed by atoms with Gasteiger partial charge in [0, 0.05) is 0 Å². The third-order valence-electron chi connectivity index (χ3n) is 7.28. The molecule has 7 aromatic rings. The average Bonchev–Trinajstić information content (AvgIpc) is 2.96. The lowest BCUT2D eigenvalue weighted by atomic mass is 9.89. The van der Waals surface area contributed by atoms with Crippen LogP contribution in [0.1, 0.15) is 0 Å². The monoisotopic (exact) mass is 456 g/mol. The van der Waals surface area contributed by atoms with Gasteiger partial charge in [-0.05, 0) is 71.8 Å². The Balaban J connectivity index is 1.33. The fraction of sp³-hybridized carbons (Fsp3) is 0. The van der Waals surface area contributed by atoms with Crippen molar-refractivity contribution in [3.63, 3.8) is 0 Å². The lowest BCUT2D eigenvalue weighted by molar-refractivity contribution is 1.61. The fourth-order valence-electron chi connectivity index (χ4n) is 5.46. The van der Waals surface area contributed by atoms with Crippen molar-refractivity contribution in [1.29, 1.82) is 0 Å². The number of hydrogen-bond donors (Lipinski definition) is 0. The average molecular weight is 457 g/mol. The lowest BCUT2D eigenvalue weighted by Crippen LogP contribution is -1.88. The van der Waals surface area contributed by atoms with Crippen molar-refractivity contribution >= 4 is 32.3 Å². The molecule has 0 saturated heterocycles. The molecule has 0 nitrogen and oxygen atoms in total. The highest BCUT2D eigenvalue weighted by Gasteiger charge is 2.11. The molecule has 7 rings (SSSR count). The molecule has 0 aliphatic carbocycles. The van der Waals surface area contributed by atoms with Gasteiger partial charge < -0.3 is 0 Å². The van der Waals surface area contributed by atoms with Crippen LogP contribution in [0, 0.1) is 0 Å². The summed E-state index contributed by atoms with van der Waals surface area (Å²) in [7, 11) is 0. The van der Waals surface area contributed by atoms with Gasteiger partial charge in [0.1, 0.15) is 0 Å². The largest absolute Gasteiger partial charge is 0.0616 e. The van der Waals surface area contributed by atoms with Crippen LogP contribution in [0.25, 0.3) is 65.7 Å². The van der Waals surface area contributed by atoms with E-state index in [4.69, 9.17) is 0 Å². The van der Waals surface area contributed by atoms with Gasteiger partial charge in [0.15, 0.2) is 0 Å². The quantitative estimate of drug-likeness (QED) is 0.248. The van der Waals surface area contributed by atoms with Crippen LogP contribution in [-0.4, -0.2) is 0 Å². The second kappa shape index (κ2) is 8.52. The van der Waals surface area contributed by atoms with E-state index < -0.39 is 0 Å². The maximum Gasteiger partial charge on any atom is -0.00987 e. The molecule has 0 saturated carbocycles. The van der Waals surface area contributed by atoms with E-state index >= 15 is 0 Å². The Morgan fingerprint density at radius 1 is 0.250 bits per heavy atom. The molecule has 0 bridgehead atoms. The van der Waals surface area contributed by atoms with Gasteiger partial charge in [-0.25, -0.2) is 0 Å². The van der Waals surface area contributed by atoms with Crippen LogP contribution in [-0.2, 0) is 0 Å². The van der Waals surface area contributed by atoms with Gasteiger partial charge in [-0.15, -0.1) is 0 Å². The van der Waals surface area contributed by atoms with E-state index in [1.54, 1.807) is 0 Å². The molecule has 0 aromatic heterocycles. The van der Waals surface area contributed by atoms with E-state index in [-0.39, 0.29) is 0 Å². The summed E-state index contributed by atoms with van der Waals surface area (Å²) < 4.78 is 0. The molecule has 0 heterocycles. The number of rotatable bonds is 3. The maximum atomic E-state index is 2.29. The first kappa shape index (κ1) is 20.7. The lowest BCUT2D eigenvalue weighted by Gasteiger charge is -2.14. The molecular weight excluding hydrogens is 432 g/mol. The smallest absolute Gasteiger partial charge is 0.00987 e. The summed E-state index contributed by atoms with van der Waals surface area (Å²) in [5.74, 6) is 0. The van der Waals surface area contributed by atoms with Crippen LogP contribution in [0.3, 0.4) is 0 Å². The molecule has 0 radical (unpaired) electrons. The van der Waals surface area contributed by atoms with E-state index in [1.165, 1.54) is 65.7 Å². The van der Waals surface area contributed by atoms with Gasteiger partial charge in [0.2, 0.25) is 0 Å². The summed E-state index contributed by atoms with van der Waals surface area (Å²) in [4.78, 5) is 0. The van der Waals surface area contributed by atoms with E-state index in [2.05, 4.69) is 146 Å². The van der Waals surface area contributed by atoms with Crippen molar-refractivity contribution in [2.75, 3.05) is 0 Å². The molecule has 0 spiro atoms. The zero-order valence-corrected chi connectivity index (χ0v) is 19.9. The SMILES string of the molecule is c1ccc2cc(-c3ccc(-c4ccc(-c5cccc6ccccc56)c5ccccc45)cc3)ccc2c1. The fourth-order valence-corrected chi connectivity index (χ4v) is 5.46. The molecule has 0 atom stereocenters. The van der Waals surface area contributed by atoms with Gasteiger partial charge in [-0.3, -0.25) is 0 Å². The molecule has 168 valence electrons. The van der Waals surface area contributed by atoms with Crippen LogP contribution in [0.5, 0.6) is 0 Å². The molecule has 0 amide bonds. The number of hydrogen-bond acceptors (Lipinski definition) is 0. The Morgan fingerprint density at radius 2 is 0.778 bits per heavy atom. The summed E-state index contributed by atoms with van der Waals surface area (Å²) in [6.45, 7) is 0. The van der Waals surface area contributed by atoms with E-state index in [0.717, 1.165) is 0 Å². The molecule has 0 fully saturated rings. The Kier molecular flexibility index (Phi) is 4.89.